The summed E-state index contributed by atoms with van der Waals surface area (Å²) in [5.74, 6) is 2.63. The Morgan fingerprint density at radius 1 is 1.07 bits per heavy atom. The summed E-state index contributed by atoms with van der Waals surface area (Å²) in [6, 6.07) is 3.19. The van der Waals surface area contributed by atoms with Gasteiger partial charge < -0.3 is 19.4 Å². The first-order valence-corrected chi connectivity index (χ1v) is 10.3. The number of carbonyl (C=O) groups is 2. The van der Waals surface area contributed by atoms with Gasteiger partial charge >= 0.3 is 6.09 Å². The fourth-order valence-electron chi connectivity index (χ4n) is 3.09. The monoisotopic (exact) mass is 395 g/mol. The van der Waals surface area contributed by atoms with Gasteiger partial charge in [0.15, 0.2) is 0 Å². The van der Waals surface area contributed by atoms with Crippen molar-refractivity contribution in [3.8, 4) is 0 Å². The van der Waals surface area contributed by atoms with Crippen molar-refractivity contribution in [1.82, 2.24) is 19.6 Å². The zero-order valence-corrected chi connectivity index (χ0v) is 16.3. The van der Waals surface area contributed by atoms with Gasteiger partial charge in [0, 0.05) is 56.8 Å². The van der Waals surface area contributed by atoms with Crippen molar-refractivity contribution in [1.29, 1.82) is 0 Å². The van der Waals surface area contributed by atoms with E-state index in [9.17, 15) is 14.4 Å². The third kappa shape index (κ3) is 4.94. The summed E-state index contributed by atoms with van der Waals surface area (Å²) >= 11 is 1.90. The van der Waals surface area contributed by atoms with Crippen LogP contribution in [-0.2, 0) is 16.1 Å². The largest absolute Gasteiger partial charge is 0.450 e. The van der Waals surface area contributed by atoms with Crippen molar-refractivity contribution < 1.29 is 14.3 Å². The lowest BCUT2D eigenvalue weighted by Crippen LogP contribution is -2.51. The Morgan fingerprint density at radius 3 is 2.41 bits per heavy atom. The molecule has 0 radical (unpaired) electrons. The molecular weight excluding hydrogens is 370 g/mol. The molecule has 2 amide bonds. The lowest BCUT2D eigenvalue weighted by Gasteiger charge is -2.34. The van der Waals surface area contributed by atoms with Gasteiger partial charge in [0.1, 0.15) is 12.4 Å². The molecule has 1 aromatic rings. The number of hydrogen-bond donors (Lipinski definition) is 0. The van der Waals surface area contributed by atoms with Crippen LogP contribution < -0.4 is 10.5 Å². The molecule has 2 fully saturated rings. The van der Waals surface area contributed by atoms with Crippen molar-refractivity contribution in [3.05, 3.63) is 22.5 Å². The maximum absolute atomic E-state index is 12.6. The van der Waals surface area contributed by atoms with E-state index in [1.807, 2.05) is 11.8 Å². The van der Waals surface area contributed by atoms with Crippen LogP contribution in [0, 0.1) is 0 Å². The zero-order chi connectivity index (χ0) is 19.2. The summed E-state index contributed by atoms with van der Waals surface area (Å²) in [6.45, 7) is 5.49. The minimum absolute atomic E-state index is 0.0886. The molecule has 0 saturated carbocycles. The van der Waals surface area contributed by atoms with Gasteiger partial charge in [-0.05, 0) is 13.0 Å². The van der Waals surface area contributed by atoms with E-state index >= 15 is 0 Å². The minimum atomic E-state index is -0.352. The second kappa shape index (κ2) is 9.12. The fraction of sp³-hybridized carbons (Fsp3) is 0.647. The topological polar surface area (TPSA) is 88.0 Å². The van der Waals surface area contributed by atoms with E-state index in [0.717, 1.165) is 30.4 Å². The van der Waals surface area contributed by atoms with Crippen LogP contribution in [-0.4, -0.2) is 89.0 Å². The Hall–Kier alpha value is -2.23. The summed E-state index contributed by atoms with van der Waals surface area (Å²) in [5.41, 5.74) is -0.288. The van der Waals surface area contributed by atoms with Gasteiger partial charge in [-0.1, -0.05) is 0 Å². The van der Waals surface area contributed by atoms with Gasteiger partial charge in [0.05, 0.1) is 6.61 Å². The molecule has 3 rings (SSSR count). The standard InChI is InChI=1S/C17H25N5O4S/c1-2-26-17(25)21-7-5-20(6-8-21)16(24)13-22-15(23)4-3-14(18-22)19-9-11-27-12-10-19/h3-4H,2,5-13H2,1H3. The van der Waals surface area contributed by atoms with Crippen LogP contribution in [0.3, 0.4) is 0 Å². The van der Waals surface area contributed by atoms with Crippen molar-refractivity contribution >= 4 is 29.6 Å². The van der Waals surface area contributed by atoms with E-state index in [4.69, 9.17) is 4.74 Å². The Labute approximate surface area is 162 Å². The molecule has 3 heterocycles. The zero-order valence-electron chi connectivity index (χ0n) is 15.5. The lowest BCUT2D eigenvalue weighted by molar-refractivity contribution is -0.133. The highest BCUT2D eigenvalue weighted by Gasteiger charge is 2.25. The first kappa shape index (κ1) is 19.5. The molecule has 0 aromatic carbocycles. The third-order valence-corrected chi connectivity index (χ3v) is 5.57. The highest BCUT2D eigenvalue weighted by atomic mass is 32.2. The molecule has 9 nitrogen and oxygen atoms in total. The summed E-state index contributed by atoms with van der Waals surface area (Å²) in [5, 5.41) is 4.39. The van der Waals surface area contributed by atoms with Crippen molar-refractivity contribution in [2.45, 2.75) is 13.5 Å². The molecule has 2 saturated heterocycles. The molecule has 27 heavy (non-hydrogen) atoms. The molecule has 0 unspecified atom stereocenters. The number of hydrogen-bond acceptors (Lipinski definition) is 7. The average Bonchev–Trinajstić information content (AvgIpc) is 2.70. The Balaban J connectivity index is 1.59. The number of anilines is 1. The van der Waals surface area contributed by atoms with Crippen LogP contribution in [0.2, 0.25) is 0 Å². The average molecular weight is 395 g/mol. The van der Waals surface area contributed by atoms with Gasteiger partial charge in [0.25, 0.3) is 5.56 Å². The van der Waals surface area contributed by atoms with E-state index in [0.29, 0.717) is 32.8 Å². The highest BCUT2D eigenvalue weighted by Crippen LogP contribution is 2.15. The number of aromatic nitrogens is 2. The number of ether oxygens (including phenoxy) is 1. The van der Waals surface area contributed by atoms with E-state index in [2.05, 4.69) is 10.00 Å². The lowest BCUT2D eigenvalue weighted by atomic mass is 10.3. The number of thioether (sulfide) groups is 1. The number of nitrogens with zero attached hydrogens (tertiary/aromatic N) is 5. The SMILES string of the molecule is CCOC(=O)N1CCN(C(=O)Cn2nc(N3CCSCC3)ccc2=O)CC1. The van der Waals surface area contributed by atoms with Crippen molar-refractivity contribution in [2.24, 2.45) is 0 Å². The smallest absolute Gasteiger partial charge is 0.409 e. The first-order chi connectivity index (χ1) is 13.1. The molecule has 148 valence electrons. The van der Waals surface area contributed by atoms with Gasteiger partial charge in [-0.15, -0.1) is 0 Å². The molecule has 2 aliphatic rings. The molecular formula is C17H25N5O4S. The second-order valence-corrected chi connectivity index (χ2v) is 7.58. The summed E-state index contributed by atoms with van der Waals surface area (Å²) in [4.78, 5) is 41.8. The molecule has 0 bridgehead atoms. The summed E-state index contributed by atoms with van der Waals surface area (Å²) in [7, 11) is 0. The third-order valence-electron chi connectivity index (χ3n) is 4.63. The quantitative estimate of drug-likeness (QED) is 0.714. The van der Waals surface area contributed by atoms with Crippen LogP contribution in [0.25, 0.3) is 0 Å². The normalized spacial score (nSPS) is 17.7. The number of amides is 2. The van der Waals surface area contributed by atoms with E-state index < -0.39 is 0 Å². The van der Waals surface area contributed by atoms with Gasteiger partial charge in [-0.2, -0.15) is 16.9 Å². The van der Waals surface area contributed by atoms with Gasteiger partial charge in [-0.3, -0.25) is 9.59 Å². The maximum Gasteiger partial charge on any atom is 0.409 e. The summed E-state index contributed by atoms with van der Waals surface area (Å²) in [6.07, 6.45) is -0.352. The second-order valence-electron chi connectivity index (χ2n) is 6.35. The Kier molecular flexibility index (Phi) is 6.59. The van der Waals surface area contributed by atoms with Crippen LogP contribution in [0.4, 0.5) is 10.6 Å². The van der Waals surface area contributed by atoms with Gasteiger partial charge in [0.2, 0.25) is 5.91 Å². The van der Waals surface area contributed by atoms with Crippen LogP contribution in [0.5, 0.6) is 0 Å². The predicted octanol–water partition coefficient (Wildman–Crippen LogP) is 0.0972. The number of carbonyl (C=O) groups excluding carboxylic acids is 2. The van der Waals surface area contributed by atoms with Gasteiger partial charge in [-0.25, -0.2) is 9.48 Å². The Bertz CT molecular complexity index is 726. The van der Waals surface area contributed by atoms with Crippen molar-refractivity contribution in [2.75, 3.05) is 62.3 Å². The molecule has 0 spiro atoms. The molecule has 0 atom stereocenters. The molecule has 0 N–H and O–H groups in total. The van der Waals surface area contributed by atoms with Crippen LogP contribution in [0.15, 0.2) is 16.9 Å². The molecule has 10 heteroatoms. The highest BCUT2D eigenvalue weighted by molar-refractivity contribution is 7.99. The molecule has 2 aliphatic heterocycles. The maximum atomic E-state index is 12.6. The molecule has 0 aliphatic carbocycles. The Morgan fingerprint density at radius 2 is 1.74 bits per heavy atom. The fourth-order valence-corrected chi connectivity index (χ4v) is 4.00. The predicted molar refractivity (Wildman–Crippen MR) is 103 cm³/mol. The molecule has 1 aromatic heterocycles. The summed E-state index contributed by atoms with van der Waals surface area (Å²) < 4.78 is 6.21. The van der Waals surface area contributed by atoms with Crippen molar-refractivity contribution in [3.63, 3.8) is 0 Å². The van der Waals surface area contributed by atoms with E-state index in [-0.39, 0.29) is 24.1 Å². The first-order valence-electron chi connectivity index (χ1n) is 9.19. The van der Waals surface area contributed by atoms with E-state index in [1.54, 1.807) is 22.8 Å². The minimum Gasteiger partial charge on any atom is -0.450 e. The van der Waals surface area contributed by atoms with Crippen LogP contribution >= 0.6 is 11.8 Å². The van der Waals surface area contributed by atoms with Crippen LogP contribution in [0.1, 0.15) is 6.92 Å². The number of piperazine rings is 1. The number of rotatable bonds is 4. The van der Waals surface area contributed by atoms with E-state index in [1.165, 1.54) is 10.7 Å².